The van der Waals surface area contributed by atoms with E-state index in [1.54, 1.807) is 18.2 Å². The molecule has 0 saturated carbocycles. The molecule has 12 heteroatoms. The van der Waals surface area contributed by atoms with Gasteiger partial charge in [-0.2, -0.15) is 5.10 Å². The van der Waals surface area contributed by atoms with E-state index in [9.17, 15) is 23.6 Å². The van der Waals surface area contributed by atoms with Crippen LogP contribution in [0, 0.1) is 5.82 Å². The summed E-state index contributed by atoms with van der Waals surface area (Å²) in [5.74, 6) is -2.23. The van der Waals surface area contributed by atoms with Crippen molar-refractivity contribution in [3.05, 3.63) is 53.2 Å². The van der Waals surface area contributed by atoms with Gasteiger partial charge in [0.25, 0.3) is 17.7 Å². The molecule has 0 fully saturated rings. The fourth-order valence-electron chi connectivity index (χ4n) is 3.02. The van der Waals surface area contributed by atoms with Crippen molar-refractivity contribution in [2.24, 2.45) is 0 Å². The fraction of sp³-hybridized carbons (Fsp3) is 0.200. The number of benzene rings is 1. The first kappa shape index (κ1) is 20.9. The molecule has 0 unspecified atom stereocenters. The molecule has 164 valence electrons. The molecule has 1 aliphatic heterocycles. The highest BCUT2D eigenvalue weighted by Crippen LogP contribution is 2.28. The van der Waals surface area contributed by atoms with Crippen LogP contribution in [0.4, 0.5) is 10.1 Å². The lowest BCUT2D eigenvalue weighted by Crippen LogP contribution is -2.31. The quantitative estimate of drug-likeness (QED) is 0.505. The average molecular weight is 440 g/mol. The number of amides is 3. The largest absolute Gasteiger partial charge is 0.482 e. The Bertz CT molecular complexity index is 1270. The van der Waals surface area contributed by atoms with Crippen molar-refractivity contribution >= 4 is 34.8 Å². The first-order valence-electron chi connectivity index (χ1n) is 9.47. The van der Waals surface area contributed by atoms with E-state index in [1.807, 2.05) is 0 Å². The van der Waals surface area contributed by atoms with Crippen LogP contribution < -0.4 is 20.7 Å². The normalized spacial score (nSPS) is 12.5. The van der Waals surface area contributed by atoms with Crippen LogP contribution in [-0.4, -0.2) is 51.3 Å². The summed E-state index contributed by atoms with van der Waals surface area (Å²) in [6.45, 7) is 1.08. The number of fused-ring (bicyclic) bond motifs is 2. The third-order valence-corrected chi connectivity index (χ3v) is 4.52. The number of Topliss-reactive ketones (excluding diaryl/α,β-unsaturated/α-hetero) is 1. The van der Waals surface area contributed by atoms with Crippen molar-refractivity contribution in [1.29, 1.82) is 0 Å². The zero-order valence-electron chi connectivity index (χ0n) is 16.8. The number of nitrogens with zero attached hydrogens (tertiary/aromatic N) is 3. The summed E-state index contributed by atoms with van der Waals surface area (Å²) in [5.41, 5.74) is 0.481. The average Bonchev–Trinajstić information content (AvgIpc) is 3.15. The van der Waals surface area contributed by atoms with E-state index in [0.29, 0.717) is 17.0 Å². The molecular weight excluding hydrogens is 423 g/mol. The number of hydrogen-bond donors (Lipinski definition) is 3. The SMILES string of the molecule is CC(=O)CNC(=O)c1cc(C(=O)NCc2ccc3c(c2)NC(=O)CO3)nc2c(F)cnn12. The maximum Gasteiger partial charge on any atom is 0.270 e. The number of carbonyl (C=O) groups excluding carboxylic acids is 4. The maximum atomic E-state index is 14.1. The molecule has 3 heterocycles. The number of carbonyl (C=O) groups is 4. The zero-order chi connectivity index (χ0) is 22.8. The molecule has 0 saturated heterocycles. The summed E-state index contributed by atoms with van der Waals surface area (Å²) in [4.78, 5) is 51.7. The number of hydrogen-bond acceptors (Lipinski definition) is 7. The van der Waals surface area contributed by atoms with Gasteiger partial charge in [-0.1, -0.05) is 6.07 Å². The molecule has 0 spiro atoms. The summed E-state index contributed by atoms with van der Waals surface area (Å²) >= 11 is 0. The van der Waals surface area contributed by atoms with E-state index in [2.05, 4.69) is 26.0 Å². The summed E-state index contributed by atoms with van der Waals surface area (Å²) in [6.07, 6.45) is 0.870. The number of halogens is 1. The molecule has 3 aromatic rings. The summed E-state index contributed by atoms with van der Waals surface area (Å²) in [7, 11) is 0. The molecule has 4 rings (SSSR count). The highest BCUT2D eigenvalue weighted by Gasteiger charge is 2.21. The Hall–Kier alpha value is -4.35. The molecule has 0 radical (unpaired) electrons. The Morgan fingerprint density at radius 2 is 2.03 bits per heavy atom. The molecule has 32 heavy (non-hydrogen) atoms. The monoisotopic (exact) mass is 440 g/mol. The van der Waals surface area contributed by atoms with Gasteiger partial charge in [-0.25, -0.2) is 13.9 Å². The second-order valence-corrected chi connectivity index (χ2v) is 6.99. The Labute approximate surface area is 180 Å². The molecule has 11 nitrogen and oxygen atoms in total. The van der Waals surface area contributed by atoms with Crippen molar-refractivity contribution < 1.29 is 28.3 Å². The number of nitrogens with one attached hydrogen (secondary N) is 3. The van der Waals surface area contributed by atoms with Gasteiger partial charge >= 0.3 is 0 Å². The highest BCUT2D eigenvalue weighted by molar-refractivity contribution is 5.99. The van der Waals surface area contributed by atoms with Crippen molar-refractivity contribution in [1.82, 2.24) is 25.2 Å². The van der Waals surface area contributed by atoms with E-state index >= 15 is 0 Å². The van der Waals surface area contributed by atoms with Crippen LogP contribution in [0.3, 0.4) is 0 Å². The zero-order valence-corrected chi connectivity index (χ0v) is 16.8. The van der Waals surface area contributed by atoms with Crippen LogP contribution in [-0.2, 0) is 16.1 Å². The Morgan fingerprint density at radius 3 is 2.81 bits per heavy atom. The van der Waals surface area contributed by atoms with Gasteiger partial charge in [0.1, 0.15) is 22.9 Å². The Morgan fingerprint density at radius 1 is 1.22 bits per heavy atom. The Kier molecular flexibility index (Phi) is 5.50. The second kappa shape index (κ2) is 8.41. The van der Waals surface area contributed by atoms with Crippen LogP contribution in [0.5, 0.6) is 5.75 Å². The van der Waals surface area contributed by atoms with Crippen LogP contribution in [0.15, 0.2) is 30.5 Å². The number of aromatic nitrogens is 3. The molecule has 1 aliphatic rings. The standard InChI is InChI=1S/C20H17FN6O5/c1-10(28)6-22-20(31)15-5-14(26-18-12(21)8-24-27(15)18)19(30)23-7-11-2-3-16-13(4-11)25-17(29)9-32-16/h2-5,8H,6-7,9H2,1H3,(H,22,31)(H,23,30)(H,25,29). The van der Waals surface area contributed by atoms with E-state index < -0.39 is 17.6 Å². The van der Waals surface area contributed by atoms with Crippen LogP contribution in [0.25, 0.3) is 5.65 Å². The van der Waals surface area contributed by atoms with Gasteiger partial charge < -0.3 is 20.7 Å². The van der Waals surface area contributed by atoms with E-state index in [-0.39, 0.29) is 48.4 Å². The van der Waals surface area contributed by atoms with Gasteiger partial charge in [0.05, 0.1) is 18.4 Å². The predicted molar refractivity (Wildman–Crippen MR) is 108 cm³/mol. The molecule has 1 aromatic carbocycles. The van der Waals surface area contributed by atoms with Gasteiger partial charge in [0, 0.05) is 12.6 Å². The van der Waals surface area contributed by atoms with Crippen molar-refractivity contribution in [3.63, 3.8) is 0 Å². The van der Waals surface area contributed by atoms with E-state index in [1.165, 1.54) is 6.92 Å². The molecule has 2 aromatic heterocycles. The second-order valence-electron chi connectivity index (χ2n) is 6.99. The number of ether oxygens (including phenoxy) is 1. The topological polar surface area (TPSA) is 144 Å². The predicted octanol–water partition coefficient (Wildman–Crippen LogP) is 0.448. The van der Waals surface area contributed by atoms with Crippen molar-refractivity contribution in [2.75, 3.05) is 18.5 Å². The minimum atomic E-state index is -0.814. The summed E-state index contributed by atoms with van der Waals surface area (Å²) in [6, 6.07) is 6.19. The van der Waals surface area contributed by atoms with Gasteiger partial charge in [0.15, 0.2) is 18.1 Å². The summed E-state index contributed by atoms with van der Waals surface area (Å²) < 4.78 is 20.3. The minimum absolute atomic E-state index is 0.0648. The number of ketones is 1. The summed E-state index contributed by atoms with van der Waals surface area (Å²) in [5, 5.41) is 11.4. The van der Waals surface area contributed by atoms with Crippen molar-refractivity contribution in [3.8, 4) is 5.75 Å². The lowest BCUT2D eigenvalue weighted by Gasteiger charge is -2.18. The molecule has 0 aliphatic carbocycles. The molecule has 0 atom stereocenters. The van der Waals surface area contributed by atoms with Crippen LogP contribution >= 0.6 is 0 Å². The minimum Gasteiger partial charge on any atom is -0.482 e. The number of anilines is 1. The maximum absolute atomic E-state index is 14.1. The third kappa shape index (κ3) is 4.24. The fourth-order valence-corrected chi connectivity index (χ4v) is 3.02. The van der Waals surface area contributed by atoms with Crippen LogP contribution in [0.1, 0.15) is 33.5 Å². The van der Waals surface area contributed by atoms with E-state index in [0.717, 1.165) is 16.8 Å². The van der Waals surface area contributed by atoms with Gasteiger partial charge in [-0.15, -0.1) is 0 Å². The molecule has 3 amide bonds. The first-order valence-corrected chi connectivity index (χ1v) is 9.47. The lowest BCUT2D eigenvalue weighted by atomic mass is 10.1. The van der Waals surface area contributed by atoms with Crippen molar-refractivity contribution in [2.45, 2.75) is 13.5 Å². The smallest absolute Gasteiger partial charge is 0.270 e. The first-order chi connectivity index (χ1) is 15.3. The lowest BCUT2D eigenvalue weighted by molar-refractivity contribution is -0.118. The molecular formula is C20H17FN6O5. The van der Waals surface area contributed by atoms with Crippen LogP contribution in [0.2, 0.25) is 0 Å². The highest BCUT2D eigenvalue weighted by atomic mass is 19.1. The Balaban J connectivity index is 1.55. The van der Waals surface area contributed by atoms with Gasteiger partial charge in [-0.3, -0.25) is 19.2 Å². The van der Waals surface area contributed by atoms with Gasteiger partial charge in [0.2, 0.25) is 0 Å². The number of rotatable bonds is 6. The molecule has 0 bridgehead atoms. The third-order valence-electron chi connectivity index (χ3n) is 4.52. The molecule has 3 N–H and O–H groups in total. The van der Waals surface area contributed by atoms with Gasteiger partial charge in [-0.05, 0) is 24.6 Å². The van der Waals surface area contributed by atoms with E-state index in [4.69, 9.17) is 4.74 Å².